The van der Waals surface area contributed by atoms with E-state index >= 15 is 0 Å². The summed E-state index contributed by atoms with van der Waals surface area (Å²) < 4.78 is 2.74. The smallest absolute Gasteiger partial charge is 0.165 e. The summed E-state index contributed by atoms with van der Waals surface area (Å²) in [7, 11) is 0. The largest absolute Gasteiger partial charge is 0.382 e. The molecule has 3 rings (SSSR count). The van der Waals surface area contributed by atoms with Crippen LogP contribution < -0.4 is 5.73 Å². The van der Waals surface area contributed by atoms with Crippen molar-refractivity contribution >= 4 is 32.8 Å². The summed E-state index contributed by atoms with van der Waals surface area (Å²) in [4.78, 5) is 4.31. The molecule has 0 radical (unpaired) electrons. The van der Waals surface area contributed by atoms with E-state index in [1.807, 2.05) is 36.4 Å². The second-order valence-electron chi connectivity index (χ2n) is 3.65. The fourth-order valence-electron chi connectivity index (χ4n) is 1.76. The van der Waals surface area contributed by atoms with E-state index in [9.17, 15) is 0 Å². The lowest BCUT2D eigenvalue weighted by Crippen LogP contribution is -1.98. The standard InChI is InChI=1S/C12H9BrN4/c13-8-3-1-4-9(7-8)17-12-10(11(14)16-17)5-2-6-15-12/h1-7H,(H2,14,16). The molecule has 0 aliphatic heterocycles. The number of fused-ring (bicyclic) bond motifs is 1. The predicted molar refractivity (Wildman–Crippen MR) is 71.0 cm³/mol. The number of aromatic nitrogens is 3. The van der Waals surface area contributed by atoms with Gasteiger partial charge in [0.25, 0.3) is 0 Å². The van der Waals surface area contributed by atoms with Crippen LogP contribution >= 0.6 is 15.9 Å². The molecule has 2 N–H and O–H groups in total. The Morgan fingerprint density at radius 2 is 2.06 bits per heavy atom. The summed E-state index contributed by atoms with van der Waals surface area (Å²) in [6, 6.07) is 11.6. The van der Waals surface area contributed by atoms with E-state index in [2.05, 4.69) is 26.0 Å². The Kier molecular flexibility index (Phi) is 2.33. The molecule has 0 atom stereocenters. The van der Waals surface area contributed by atoms with Gasteiger partial charge in [-0.1, -0.05) is 22.0 Å². The third-order valence-corrected chi connectivity index (χ3v) is 3.02. The molecule has 0 saturated heterocycles. The zero-order valence-electron chi connectivity index (χ0n) is 8.84. The first-order valence-electron chi connectivity index (χ1n) is 5.11. The van der Waals surface area contributed by atoms with Crippen molar-refractivity contribution in [3.05, 3.63) is 47.1 Å². The Bertz CT molecular complexity index is 690. The minimum absolute atomic E-state index is 0.494. The molecule has 3 aromatic rings. The van der Waals surface area contributed by atoms with Crippen molar-refractivity contribution in [2.24, 2.45) is 0 Å². The lowest BCUT2D eigenvalue weighted by molar-refractivity contribution is 0.902. The van der Waals surface area contributed by atoms with Crippen LogP contribution in [0.25, 0.3) is 16.7 Å². The number of halogens is 1. The maximum absolute atomic E-state index is 5.87. The van der Waals surface area contributed by atoms with Crippen molar-refractivity contribution in [3.63, 3.8) is 0 Å². The minimum atomic E-state index is 0.494. The van der Waals surface area contributed by atoms with Gasteiger partial charge >= 0.3 is 0 Å². The molecule has 1 aromatic carbocycles. The van der Waals surface area contributed by atoms with Gasteiger partial charge in [-0.2, -0.15) is 0 Å². The van der Waals surface area contributed by atoms with Crippen LogP contribution in [0.3, 0.4) is 0 Å². The summed E-state index contributed by atoms with van der Waals surface area (Å²) in [5.41, 5.74) is 7.57. The molecule has 0 saturated carbocycles. The number of hydrogen-bond acceptors (Lipinski definition) is 3. The molecule has 0 fully saturated rings. The van der Waals surface area contributed by atoms with E-state index in [0.29, 0.717) is 5.82 Å². The van der Waals surface area contributed by atoms with E-state index < -0.39 is 0 Å². The van der Waals surface area contributed by atoms with Gasteiger partial charge in [0, 0.05) is 10.7 Å². The molecule has 0 aliphatic rings. The Hall–Kier alpha value is -1.88. The van der Waals surface area contributed by atoms with E-state index in [4.69, 9.17) is 5.73 Å². The van der Waals surface area contributed by atoms with Crippen LogP contribution in [0.15, 0.2) is 47.1 Å². The number of nitrogens with two attached hydrogens (primary N) is 1. The summed E-state index contributed by atoms with van der Waals surface area (Å²) in [6.07, 6.45) is 1.73. The number of rotatable bonds is 1. The van der Waals surface area contributed by atoms with Gasteiger partial charge in [-0.15, -0.1) is 5.10 Å². The van der Waals surface area contributed by atoms with Crippen molar-refractivity contribution in [3.8, 4) is 5.69 Å². The number of nitrogens with zero attached hydrogens (tertiary/aromatic N) is 3. The molecule has 0 bridgehead atoms. The molecular formula is C12H9BrN4. The molecule has 2 heterocycles. The third kappa shape index (κ3) is 1.68. The van der Waals surface area contributed by atoms with Crippen LogP contribution in [0.5, 0.6) is 0 Å². The first-order valence-corrected chi connectivity index (χ1v) is 5.90. The van der Waals surface area contributed by atoms with Crippen LogP contribution in [0.2, 0.25) is 0 Å². The second kappa shape index (κ2) is 3.85. The van der Waals surface area contributed by atoms with Crippen LogP contribution in [0.1, 0.15) is 0 Å². The van der Waals surface area contributed by atoms with Gasteiger partial charge < -0.3 is 5.73 Å². The van der Waals surface area contributed by atoms with Crippen molar-refractivity contribution in [2.75, 3.05) is 5.73 Å². The molecule has 5 heteroatoms. The number of anilines is 1. The molecular weight excluding hydrogens is 280 g/mol. The van der Waals surface area contributed by atoms with E-state index in [1.165, 1.54) is 0 Å². The molecule has 2 aromatic heterocycles. The monoisotopic (exact) mass is 288 g/mol. The van der Waals surface area contributed by atoms with Crippen molar-refractivity contribution < 1.29 is 0 Å². The quantitative estimate of drug-likeness (QED) is 0.749. The highest BCUT2D eigenvalue weighted by Gasteiger charge is 2.09. The number of hydrogen-bond donors (Lipinski definition) is 1. The van der Waals surface area contributed by atoms with Crippen LogP contribution in [-0.2, 0) is 0 Å². The SMILES string of the molecule is Nc1nn(-c2cccc(Br)c2)c2ncccc12. The van der Waals surface area contributed by atoms with Gasteiger partial charge in [-0.05, 0) is 30.3 Å². The minimum Gasteiger partial charge on any atom is -0.382 e. The maximum atomic E-state index is 5.87. The van der Waals surface area contributed by atoms with Gasteiger partial charge in [0.2, 0.25) is 0 Å². The van der Waals surface area contributed by atoms with Crippen LogP contribution in [0.4, 0.5) is 5.82 Å². The topological polar surface area (TPSA) is 56.7 Å². The predicted octanol–water partition coefficient (Wildman–Crippen LogP) is 2.77. The fraction of sp³-hybridized carbons (Fsp3) is 0. The van der Waals surface area contributed by atoms with Crippen LogP contribution in [-0.4, -0.2) is 14.8 Å². The first kappa shape index (κ1) is 10.3. The van der Waals surface area contributed by atoms with Gasteiger partial charge in [-0.3, -0.25) is 0 Å². The molecule has 0 aliphatic carbocycles. The maximum Gasteiger partial charge on any atom is 0.165 e. The molecule has 0 spiro atoms. The molecule has 0 unspecified atom stereocenters. The highest BCUT2D eigenvalue weighted by molar-refractivity contribution is 9.10. The zero-order valence-corrected chi connectivity index (χ0v) is 10.4. The average molecular weight is 289 g/mol. The summed E-state index contributed by atoms with van der Waals surface area (Å²) >= 11 is 3.44. The Morgan fingerprint density at radius 1 is 1.18 bits per heavy atom. The molecule has 0 amide bonds. The average Bonchev–Trinajstić information content (AvgIpc) is 2.68. The van der Waals surface area contributed by atoms with E-state index in [1.54, 1.807) is 10.9 Å². The van der Waals surface area contributed by atoms with Crippen molar-refractivity contribution in [1.29, 1.82) is 0 Å². The normalized spacial score (nSPS) is 10.9. The van der Waals surface area contributed by atoms with Crippen LogP contribution in [0, 0.1) is 0 Å². The Labute approximate surface area is 106 Å². The summed E-state index contributed by atoms with van der Waals surface area (Å²) in [6.45, 7) is 0. The highest BCUT2D eigenvalue weighted by atomic mass is 79.9. The number of benzene rings is 1. The van der Waals surface area contributed by atoms with E-state index in [-0.39, 0.29) is 0 Å². The van der Waals surface area contributed by atoms with Gasteiger partial charge in [0.1, 0.15) is 0 Å². The summed E-state index contributed by atoms with van der Waals surface area (Å²) in [5, 5.41) is 5.18. The zero-order chi connectivity index (χ0) is 11.8. The number of nitrogen functional groups attached to an aromatic ring is 1. The second-order valence-corrected chi connectivity index (χ2v) is 4.57. The highest BCUT2D eigenvalue weighted by Crippen LogP contribution is 2.23. The van der Waals surface area contributed by atoms with Crippen molar-refractivity contribution in [2.45, 2.75) is 0 Å². The fourth-order valence-corrected chi connectivity index (χ4v) is 2.15. The molecule has 84 valence electrons. The Morgan fingerprint density at radius 3 is 2.88 bits per heavy atom. The number of pyridine rings is 1. The molecule has 4 nitrogen and oxygen atoms in total. The van der Waals surface area contributed by atoms with Crippen molar-refractivity contribution in [1.82, 2.24) is 14.8 Å². The lowest BCUT2D eigenvalue weighted by Gasteiger charge is -2.02. The third-order valence-electron chi connectivity index (χ3n) is 2.52. The van der Waals surface area contributed by atoms with Gasteiger partial charge in [0.15, 0.2) is 11.5 Å². The Balaban J connectivity index is 2.31. The molecule has 17 heavy (non-hydrogen) atoms. The first-order chi connectivity index (χ1) is 8.25. The van der Waals surface area contributed by atoms with Gasteiger partial charge in [-0.25, -0.2) is 9.67 Å². The van der Waals surface area contributed by atoms with E-state index in [0.717, 1.165) is 21.2 Å². The van der Waals surface area contributed by atoms with Gasteiger partial charge in [0.05, 0.1) is 11.1 Å². The summed E-state index contributed by atoms with van der Waals surface area (Å²) in [5.74, 6) is 0.494. The lowest BCUT2D eigenvalue weighted by atomic mass is 10.3.